The Balaban J connectivity index is 1.86. The van der Waals surface area contributed by atoms with Crippen LogP contribution in [0.25, 0.3) is 0 Å². The first kappa shape index (κ1) is 21.7. The summed E-state index contributed by atoms with van der Waals surface area (Å²) >= 11 is 0. The number of esters is 1. The van der Waals surface area contributed by atoms with Gasteiger partial charge >= 0.3 is 5.97 Å². The first-order chi connectivity index (χ1) is 14.3. The summed E-state index contributed by atoms with van der Waals surface area (Å²) in [7, 11) is -3.36. The highest BCUT2D eigenvalue weighted by Crippen LogP contribution is 2.22. The van der Waals surface area contributed by atoms with Crippen LogP contribution in [0, 0.1) is 0 Å². The summed E-state index contributed by atoms with van der Waals surface area (Å²) in [4.78, 5) is 13.3. The molecule has 30 heavy (non-hydrogen) atoms. The summed E-state index contributed by atoms with van der Waals surface area (Å²) in [5.41, 5.74) is 7.69. The van der Waals surface area contributed by atoms with E-state index in [0.717, 1.165) is 17.4 Å². The van der Waals surface area contributed by atoms with Crippen molar-refractivity contribution in [3.8, 4) is 0 Å². The maximum Gasteiger partial charge on any atom is 0.327 e. The Morgan fingerprint density at radius 3 is 1.97 bits per heavy atom. The second-order valence-electron chi connectivity index (χ2n) is 7.48. The lowest BCUT2D eigenvalue weighted by Crippen LogP contribution is -2.52. The minimum atomic E-state index is -3.36. The number of ether oxygens (including phenoxy) is 1. The number of hydrogen-bond acceptors (Lipinski definition) is 5. The minimum absolute atomic E-state index is 0.122. The Morgan fingerprint density at radius 2 is 1.37 bits per heavy atom. The molecule has 0 aliphatic carbocycles. The molecule has 0 saturated heterocycles. The molecule has 3 rings (SSSR count). The molecule has 6 heteroatoms. The summed E-state index contributed by atoms with van der Waals surface area (Å²) < 4.78 is 29.4. The fourth-order valence-electron chi connectivity index (χ4n) is 3.28. The number of nitrogens with two attached hydrogens (primary N) is 1. The Bertz CT molecular complexity index is 1100. The van der Waals surface area contributed by atoms with E-state index in [-0.39, 0.29) is 24.3 Å². The largest absolute Gasteiger partial charge is 0.459 e. The zero-order valence-electron chi connectivity index (χ0n) is 16.8. The van der Waals surface area contributed by atoms with Gasteiger partial charge in [0.25, 0.3) is 0 Å². The van der Waals surface area contributed by atoms with Crippen LogP contribution in [-0.4, -0.2) is 26.2 Å². The molecule has 0 radical (unpaired) electrons. The van der Waals surface area contributed by atoms with Gasteiger partial charge in [0.1, 0.15) is 12.1 Å². The van der Waals surface area contributed by atoms with Crippen LogP contribution >= 0.6 is 0 Å². The number of carbonyl (C=O) groups is 1. The zero-order valence-corrected chi connectivity index (χ0v) is 17.6. The summed E-state index contributed by atoms with van der Waals surface area (Å²) in [5, 5.41) is 0. The normalized spacial score (nSPS) is 13.4. The van der Waals surface area contributed by atoms with Gasteiger partial charge in [-0.2, -0.15) is 0 Å². The average molecular weight is 424 g/mol. The molecule has 156 valence electrons. The van der Waals surface area contributed by atoms with E-state index in [1.165, 1.54) is 6.07 Å². The molecule has 0 bridgehead atoms. The van der Waals surface area contributed by atoms with Crippen molar-refractivity contribution in [2.45, 2.75) is 29.9 Å². The molecule has 5 nitrogen and oxygen atoms in total. The van der Waals surface area contributed by atoms with Crippen molar-refractivity contribution in [2.24, 2.45) is 5.73 Å². The van der Waals surface area contributed by atoms with Crippen molar-refractivity contribution in [1.29, 1.82) is 0 Å². The van der Waals surface area contributed by atoms with Gasteiger partial charge in [-0.3, -0.25) is 4.79 Å². The Morgan fingerprint density at radius 1 is 0.833 bits per heavy atom. The fourth-order valence-corrected chi connectivity index (χ4v) is 3.98. The standard InChI is InChI=1S/C24H25NO4S/c1-30(27,28)22-14-8-13-21(15-22)17-24(25,16-19-9-4-2-5-10-19)23(26)29-18-20-11-6-3-7-12-20/h2-15H,16-18,25H2,1H3/t24-/m0/s1. The number of carbonyl (C=O) groups excluding carboxylic acids is 1. The summed E-state index contributed by atoms with van der Waals surface area (Å²) in [6.45, 7) is 0.122. The van der Waals surface area contributed by atoms with Crippen molar-refractivity contribution in [1.82, 2.24) is 0 Å². The molecular weight excluding hydrogens is 398 g/mol. The van der Waals surface area contributed by atoms with E-state index >= 15 is 0 Å². The fraction of sp³-hybridized carbons (Fsp3) is 0.208. The number of benzene rings is 3. The van der Waals surface area contributed by atoms with Crippen LogP contribution in [0.1, 0.15) is 16.7 Å². The van der Waals surface area contributed by atoms with Crippen LogP contribution in [0.2, 0.25) is 0 Å². The second-order valence-corrected chi connectivity index (χ2v) is 9.49. The third-order valence-electron chi connectivity index (χ3n) is 4.83. The molecular formula is C24H25NO4S. The van der Waals surface area contributed by atoms with E-state index in [9.17, 15) is 13.2 Å². The van der Waals surface area contributed by atoms with E-state index in [1.54, 1.807) is 18.2 Å². The van der Waals surface area contributed by atoms with E-state index < -0.39 is 21.3 Å². The first-order valence-corrected chi connectivity index (χ1v) is 11.5. The molecule has 0 aromatic heterocycles. The van der Waals surface area contributed by atoms with Gasteiger partial charge in [-0.1, -0.05) is 72.8 Å². The minimum Gasteiger partial charge on any atom is -0.459 e. The molecule has 0 fully saturated rings. The lowest BCUT2D eigenvalue weighted by Gasteiger charge is -2.28. The zero-order chi connectivity index (χ0) is 21.6. The van der Waals surface area contributed by atoms with E-state index in [1.807, 2.05) is 60.7 Å². The molecule has 0 saturated carbocycles. The highest BCUT2D eigenvalue weighted by molar-refractivity contribution is 7.90. The van der Waals surface area contributed by atoms with Gasteiger partial charge in [0.2, 0.25) is 0 Å². The van der Waals surface area contributed by atoms with E-state index in [2.05, 4.69) is 0 Å². The quantitative estimate of drug-likeness (QED) is 0.562. The topological polar surface area (TPSA) is 86.5 Å². The van der Waals surface area contributed by atoms with Crippen molar-refractivity contribution < 1.29 is 17.9 Å². The molecule has 0 spiro atoms. The molecule has 3 aromatic carbocycles. The van der Waals surface area contributed by atoms with Crippen LogP contribution in [0.15, 0.2) is 89.8 Å². The Kier molecular flexibility index (Phi) is 6.70. The monoisotopic (exact) mass is 423 g/mol. The van der Waals surface area contributed by atoms with Gasteiger partial charge in [-0.25, -0.2) is 8.42 Å². The third kappa shape index (κ3) is 5.78. The van der Waals surface area contributed by atoms with Crippen molar-refractivity contribution in [3.05, 3.63) is 102 Å². The summed E-state index contributed by atoms with van der Waals surface area (Å²) in [6, 6.07) is 25.4. The Hall–Kier alpha value is -2.96. The predicted octanol–water partition coefficient (Wildman–Crippen LogP) is 3.32. The van der Waals surface area contributed by atoms with Gasteiger partial charge in [-0.15, -0.1) is 0 Å². The van der Waals surface area contributed by atoms with Crippen LogP contribution in [0.3, 0.4) is 0 Å². The second kappa shape index (κ2) is 9.24. The SMILES string of the molecule is CS(=O)(=O)c1cccc(C[C@@](N)(Cc2ccccc2)C(=O)OCc2ccccc2)c1. The smallest absolute Gasteiger partial charge is 0.327 e. The first-order valence-electron chi connectivity index (χ1n) is 9.59. The van der Waals surface area contributed by atoms with Gasteiger partial charge < -0.3 is 10.5 Å². The third-order valence-corrected chi connectivity index (χ3v) is 5.94. The molecule has 3 aromatic rings. The molecule has 2 N–H and O–H groups in total. The molecule has 1 atom stereocenters. The maximum absolute atomic E-state index is 13.1. The highest BCUT2D eigenvalue weighted by atomic mass is 32.2. The van der Waals surface area contributed by atoms with Crippen LogP contribution in [0.5, 0.6) is 0 Å². The van der Waals surface area contributed by atoms with Crippen LogP contribution in [0.4, 0.5) is 0 Å². The van der Waals surface area contributed by atoms with Crippen LogP contribution < -0.4 is 5.73 Å². The number of sulfone groups is 1. The van der Waals surface area contributed by atoms with E-state index in [0.29, 0.717) is 5.56 Å². The number of rotatable bonds is 8. The molecule has 0 amide bonds. The lowest BCUT2D eigenvalue weighted by atomic mass is 9.85. The maximum atomic E-state index is 13.1. The number of hydrogen-bond donors (Lipinski definition) is 1. The average Bonchev–Trinajstić information content (AvgIpc) is 2.73. The summed E-state index contributed by atoms with van der Waals surface area (Å²) in [6.07, 6.45) is 1.57. The lowest BCUT2D eigenvalue weighted by molar-refractivity contribution is -0.151. The van der Waals surface area contributed by atoms with Gasteiger partial charge in [0.05, 0.1) is 4.90 Å². The van der Waals surface area contributed by atoms with E-state index in [4.69, 9.17) is 10.5 Å². The van der Waals surface area contributed by atoms with Crippen molar-refractivity contribution >= 4 is 15.8 Å². The Labute approximate surface area is 177 Å². The molecule has 0 aliphatic heterocycles. The van der Waals surface area contributed by atoms with Gasteiger partial charge in [0, 0.05) is 19.1 Å². The van der Waals surface area contributed by atoms with Crippen LogP contribution in [-0.2, 0) is 38.8 Å². The van der Waals surface area contributed by atoms with Crippen molar-refractivity contribution in [2.75, 3.05) is 6.26 Å². The van der Waals surface area contributed by atoms with Gasteiger partial charge in [0.15, 0.2) is 9.84 Å². The summed E-state index contributed by atoms with van der Waals surface area (Å²) in [5.74, 6) is -0.528. The predicted molar refractivity (Wildman–Crippen MR) is 117 cm³/mol. The molecule has 0 heterocycles. The molecule has 0 aliphatic rings. The van der Waals surface area contributed by atoms with Gasteiger partial charge in [-0.05, 0) is 28.8 Å². The van der Waals surface area contributed by atoms with Crippen molar-refractivity contribution in [3.63, 3.8) is 0 Å². The molecule has 0 unspecified atom stereocenters. The highest BCUT2D eigenvalue weighted by Gasteiger charge is 2.36.